The summed E-state index contributed by atoms with van der Waals surface area (Å²) in [5.41, 5.74) is 6.68. The maximum Gasteiger partial charge on any atom is 0.246 e. The predicted molar refractivity (Wildman–Crippen MR) is 79.9 cm³/mol. The third-order valence-electron chi connectivity index (χ3n) is 3.29. The Morgan fingerprint density at radius 2 is 2.19 bits per heavy atom. The fraction of sp³-hybridized carbons (Fsp3) is 0.385. The third kappa shape index (κ3) is 3.40. The van der Waals surface area contributed by atoms with Gasteiger partial charge in [-0.05, 0) is 25.0 Å². The van der Waals surface area contributed by atoms with Gasteiger partial charge in [-0.3, -0.25) is 4.98 Å². The van der Waals surface area contributed by atoms with Crippen molar-refractivity contribution in [1.29, 1.82) is 0 Å². The van der Waals surface area contributed by atoms with Crippen LogP contribution < -0.4 is 10.5 Å². The summed E-state index contributed by atoms with van der Waals surface area (Å²) < 4.78 is 28.6. The van der Waals surface area contributed by atoms with Crippen LogP contribution in [-0.4, -0.2) is 23.2 Å². The average molecular weight is 309 g/mol. The molecule has 8 heteroatoms. The highest BCUT2D eigenvalue weighted by Gasteiger charge is 2.22. The van der Waals surface area contributed by atoms with Crippen LogP contribution in [0.4, 0.5) is 5.82 Å². The fourth-order valence-electron chi connectivity index (χ4n) is 1.85. The normalized spacial score (nSPS) is 13.2. The molecule has 2 heterocycles. The number of nitrogens with two attached hydrogens (primary N) is 1. The Morgan fingerprint density at radius 1 is 1.43 bits per heavy atom. The molecule has 0 amide bonds. The molecule has 0 radical (unpaired) electrons. The lowest BCUT2D eigenvalue weighted by atomic mass is 10.3. The van der Waals surface area contributed by atoms with Crippen molar-refractivity contribution in [2.24, 2.45) is 0 Å². The number of nitrogens with one attached hydrogen (secondary N) is 1. The zero-order valence-electron chi connectivity index (χ0n) is 12.0. The first-order chi connectivity index (χ1) is 9.95. The van der Waals surface area contributed by atoms with Crippen LogP contribution >= 0.6 is 0 Å². The number of nitrogens with zero attached hydrogens (tertiary/aromatic N) is 3. The van der Waals surface area contributed by atoms with Gasteiger partial charge >= 0.3 is 0 Å². The molecule has 1 atom stereocenters. The van der Waals surface area contributed by atoms with E-state index in [9.17, 15) is 8.42 Å². The largest absolute Gasteiger partial charge is 0.383 e. The van der Waals surface area contributed by atoms with Crippen molar-refractivity contribution in [1.82, 2.24) is 19.5 Å². The Labute approximate surface area is 124 Å². The van der Waals surface area contributed by atoms with Gasteiger partial charge in [0.15, 0.2) is 0 Å². The molecule has 3 N–H and O–H groups in total. The molecule has 0 aromatic carbocycles. The van der Waals surface area contributed by atoms with E-state index in [0.717, 1.165) is 12.0 Å². The second-order valence-corrected chi connectivity index (χ2v) is 6.52. The topological polar surface area (TPSA) is 103 Å². The van der Waals surface area contributed by atoms with Crippen molar-refractivity contribution in [2.45, 2.75) is 37.8 Å². The molecule has 0 saturated carbocycles. The van der Waals surface area contributed by atoms with Gasteiger partial charge in [-0.2, -0.15) is 5.10 Å². The molecule has 7 nitrogen and oxygen atoms in total. The highest BCUT2D eigenvalue weighted by atomic mass is 32.2. The van der Waals surface area contributed by atoms with Gasteiger partial charge in [0.25, 0.3) is 0 Å². The Bertz CT molecular complexity index is 697. The van der Waals surface area contributed by atoms with Gasteiger partial charge in [0.05, 0.1) is 12.2 Å². The van der Waals surface area contributed by atoms with Gasteiger partial charge < -0.3 is 5.73 Å². The van der Waals surface area contributed by atoms with Gasteiger partial charge in [-0.1, -0.05) is 13.0 Å². The first kappa shape index (κ1) is 15.5. The average Bonchev–Trinajstić information content (AvgIpc) is 2.88. The summed E-state index contributed by atoms with van der Waals surface area (Å²) in [5.74, 6) is 0.156. The number of aromatic nitrogens is 3. The number of pyridine rings is 1. The molecule has 0 fully saturated rings. The SMILES string of the molecule is CCC(C)n1ncc(S(=O)(=O)NCc2cccnc2)c1N. The van der Waals surface area contributed by atoms with Gasteiger partial charge in [-0.15, -0.1) is 0 Å². The van der Waals surface area contributed by atoms with Gasteiger partial charge in [-0.25, -0.2) is 17.8 Å². The molecule has 2 aromatic heterocycles. The first-order valence-electron chi connectivity index (χ1n) is 6.67. The monoisotopic (exact) mass is 309 g/mol. The van der Waals surface area contributed by atoms with Crippen LogP contribution in [0.2, 0.25) is 0 Å². The summed E-state index contributed by atoms with van der Waals surface area (Å²) in [5, 5.41) is 4.07. The van der Waals surface area contributed by atoms with Crippen LogP contribution in [0.15, 0.2) is 35.6 Å². The van der Waals surface area contributed by atoms with Crippen molar-refractivity contribution in [3.8, 4) is 0 Å². The Hall–Kier alpha value is -1.93. The van der Waals surface area contributed by atoms with Crippen molar-refractivity contribution >= 4 is 15.8 Å². The van der Waals surface area contributed by atoms with Crippen molar-refractivity contribution in [2.75, 3.05) is 5.73 Å². The lowest BCUT2D eigenvalue weighted by Gasteiger charge is -2.12. The number of rotatable bonds is 6. The molecule has 21 heavy (non-hydrogen) atoms. The molecule has 0 aliphatic carbocycles. The number of sulfonamides is 1. The minimum atomic E-state index is -3.70. The number of hydrogen-bond acceptors (Lipinski definition) is 5. The summed E-state index contributed by atoms with van der Waals surface area (Å²) in [6.07, 6.45) is 5.34. The molecule has 0 bridgehead atoms. The van der Waals surface area contributed by atoms with E-state index in [1.807, 2.05) is 13.8 Å². The molecule has 0 aliphatic rings. The van der Waals surface area contributed by atoms with E-state index in [0.29, 0.717) is 0 Å². The Morgan fingerprint density at radius 3 is 2.81 bits per heavy atom. The number of hydrogen-bond donors (Lipinski definition) is 2. The fourth-order valence-corrected chi connectivity index (χ4v) is 2.91. The minimum absolute atomic E-state index is 0.00619. The van der Waals surface area contributed by atoms with E-state index in [4.69, 9.17) is 5.73 Å². The Kier molecular flexibility index (Phi) is 4.59. The van der Waals surface area contributed by atoms with Crippen molar-refractivity contribution < 1.29 is 8.42 Å². The molecule has 1 unspecified atom stereocenters. The summed E-state index contributed by atoms with van der Waals surface area (Å²) in [6.45, 7) is 4.08. The molecule has 2 rings (SSSR count). The molecule has 0 aliphatic heterocycles. The maximum absolute atomic E-state index is 12.3. The third-order valence-corrected chi connectivity index (χ3v) is 4.70. The molecular formula is C13H19N5O2S. The first-order valence-corrected chi connectivity index (χ1v) is 8.15. The maximum atomic E-state index is 12.3. The van der Waals surface area contributed by atoms with E-state index in [1.54, 1.807) is 24.5 Å². The minimum Gasteiger partial charge on any atom is -0.383 e. The molecular weight excluding hydrogens is 290 g/mol. The van der Waals surface area contributed by atoms with E-state index < -0.39 is 10.0 Å². The second kappa shape index (κ2) is 6.23. The highest BCUT2D eigenvalue weighted by Crippen LogP contribution is 2.22. The second-order valence-electron chi connectivity index (χ2n) is 4.78. The Balaban J connectivity index is 2.18. The van der Waals surface area contributed by atoms with E-state index in [2.05, 4.69) is 14.8 Å². The highest BCUT2D eigenvalue weighted by molar-refractivity contribution is 7.89. The molecule has 114 valence electrons. The van der Waals surface area contributed by atoms with Crippen molar-refractivity contribution in [3.63, 3.8) is 0 Å². The number of nitrogen functional groups attached to an aromatic ring is 1. The van der Waals surface area contributed by atoms with Crippen LogP contribution in [0.1, 0.15) is 31.9 Å². The molecule has 2 aromatic rings. The molecule has 0 saturated heterocycles. The van der Waals surface area contributed by atoms with E-state index in [-0.39, 0.29) is 23.3 Å². The van der Waals surface area contributed by atoms with Crippen LogP contribution in [0.3, 0.4) is 0 Å². The van der Waals surface area contributed by atoms with Crippen LogP contribution in [0.25, 0.3) is 0 Å². The van der Waals surface area contributed by atoms with E-state index >= 15 is 0 Å². The van der Waals surface area contributed by atoms with Crippen LogP contribution in [0, 0.1) is 0 Å². The van der Waals surface area contributed by atoms with Gasteiger partial charge in [0, 0.05) is 18.9 Å². The standard InChI is InChI=1S/C13H19N5O2S/c1-3-10(2)18-13(14)12(9-16-18)21(19,20)17-8-11-5-4-6-15-7-11/h4-7,9-10,17H,3,8,14H2,1-2H3. The van der Waals surface area contributed by atoms with Gasteiger partial charge in [0.1, 0.15) is 10.7 Å². The van der Waals surface area contributed by atoms with Crippen molar-refractivity contribution in [3.05, 3.63) is 36.3 Å². The zero-order valence-corrected chi connectivity index (χ0v) is 12.8. The lowest BCUT2D eigenvalue weighted by Crippen LogP contribution is -2.24. The zero-order chi connectivity index (χ0) is 15.5. The number of anilines is 1. The lowest BCUT2D eigenvalue weighted by molar-refractivity contribution is 0.484. The smallest absolute Gasteiger partial charge is 0.246 e. The summed E-state index contributed by atoms with van der Waals surface area (Å²) >= 11 is 0. The quantitative estimate of drug-likeness (QED) is 0.837. The summed E-state index contributed by atoms with van der Waals surface area (Å²) in [4.78, 5) is 3.94. The van der Waals surface area contributed by atoms with E-state index in [1.165, 1.54) is 10.9 Å². The summed E-state index contributed by atoms with van der Waals surface area (Å²) in [7, 11) is -3.70. The van der Waals surface area contributed by atoms with Crippen LogP contribution in [-0.2, 0) is 16.6 Å². The predicted octanol–water partition coefficient (Wildman–Crippen LogP) is 1.31. The van der Waals surface area contributed by atoms with Gasteiger partial charge in [0.2, 0.25) is 10.0 Å². The summed E-state index contributed by atoms with van der Waals surface area (Å²) in [6, 6.07) is 3.59. The molecule has 0 spiro atoms. The van der Waals surface area contributed by atoms with Crippen LogP contribution in [0.5, 0.6) is 0 Å².